The van der Waals surface area contributed by atoms with E-state index < -0.39 is 6.10 Å². The van der Waals surface area contributed by atoms with Crippen LogP contribution >= 0.6 is 11.8 Å². The molecule has 0 aliphatic carbocycles. The first-order valence-corrected chi connectivity index (χ1v) is 7.03. The summed E-state index contributed by atoms with van der Waals surface area (Å²) in [5.74, 6) is -0.0484. The van der Waals surface area contributed by atoms with E-state index in [1.807, 2.05) is 18.4 Å². The van der Waals surface area contributed by atoms with Gasteiger partial charge in [0.05, 0.1) is 6.10 Å². The summed E-state index contributed by atoms with van der Waals surface area (Å²) in [6.07, 6.45) is 0.797. The Morgan fingerprint density at radius 1 is 1.37 bits per heavy atom. The van der Waals surface area contributed by atoms with E-state index in [9.17, 15) is 9.50 Å². The van der Waals surface area contributed by atoms with Crippen LogP contribution in [-0.2, 0) is 0 Å². The Kier molecular flexibility index (Phi) is 4.55. The first-order chi connectivity index (χ1) is 9.09. The largest absolute Gasteiger partial charge is 0.387 e. The number of rotatable bonds is 5. The van der Waals surface area contributed by atoms with E-state index in [2.05, 4.69) is 10.2 Å². The topological polar surface area (TPSA) is 50.9 Å². The van der Waals surface area contributed by atoms with Crippen LogP contribution in [0.15, 0.2) is 35.7 Å². The van der Waals surface area contributed by atoms with Gasteiger partial charge in [-0.1, -0.05) is 30.0 Å². The molecule has 0 aliphatic heterocycles. The smallest absolute Gasteiger partial charge is 0.191 e. The molecule has 1 aromatic heterocycles. The molecule has 102 valence electrons. The molecule has 0 radical (unpaired) electrons. The molecule has 0 saturated heterocycles. The zero-order valence-corrected chi connectivity index (χ0v) is 11.6. The van der Waals surface area contributed by atoms with Crippen LogP contribution in [0.25, 0.3) is 0 Å². The van der Waals surface area contributed by atoms with E-state index >= 15 is 0 Å². The highest BCUT2D eigenvalue weighted by atomic mass is 32.2. The molecule has 0 spiro atoms. The zero-order chi connectivity index (χ0) is 13.8. The lowest BCUT2D eigenvalue weighted by atomic mass is 10.1. The first kappa shape index (κ1) is 14.0. The molecule has 0 amide bonds. The second kappa shape index (κ2) is 6.16. The van der Waals surface area contributed by atoms with Crippen molar-refractivity contribution in [2.75, 3.05) is 5.75 Å². The monoisotopic (exact) mass is 281 g/mol. The minimum Gasteiger partial charge on any atom is -0.387 e. The predicted molar refractivity (Wildman–Crippen MR) is 72.5 cm³/mol. The highest BCUT2D eigenvalue weighted by Gasteiger charge is 2.15. The van der Waals surface area contributed by atoms with E-state index in [0.29, 0.717) is 11.3 Å². The van der Waals surface area contributed by atoms with Crippen molar-refractivity contribution < 1.29 is 9.50 Å². The Labute approximate surface area is 115 Å². The van der Waals surface area contributed by atoms with Crippen molar-refractivity contribution in [2.45, 2.75) is 31.1 Å². The van der Waals surface area contributed by atoms with Gasteiger partial charge in [0, 0.05) is 17.4 Å². The molecule has 2 rings (SSSR count). The summed E-state index contributed by atoms with van der Waals surface area (Å²) in [6.45, 7) is 4.06. The number of halogens is 1. The van der Waals surface area contributed by atoms with Crippen LogP contribution in [0.3, 0.4) is 0 Å². The van der Waals surface area contributed by atoms with Gasteiger partial charge in [-0.3, -0.25) is 0 Å². The number of thioether (sulfide) groups is 1. The fourth-order valence-electron chi connectivity index (χ4n) is 1.68. The van der Waals surface area contributed by atoms with E-state index in [-0.39, 0.29) is 11.9 Å². The van der Waals surface area contributed by atoms with E-state index in [4.69, 9.17) is 0 Å². The van der Waals surface area contributed by atoms with Crippen LogP contribution in [0.1, 0.15) is 31.6 Å². The van der Waals surface area contributed by atoms with Gasteiger partial charge in [-0.05, 0) is 19.9 Å². The molecule has 4 nitrogen and oxygen atoms in total. The van der Waals surface area contributed by atoms with Crippen LogP contribution in [-0.4, -0.2) is 25.6 Å². The van der Waals surface area contributed by atoms with Gasteiger partial charge >= 0.3 is 0 Å². The van der Waals surface area contributed by atoms with E-state index in [1.165, 1.54) is 17.8 Å². The standard InChI is InChI=1S/C13H16FN3OS/c1-9(2)17-8-15-16-13(17)19-7-12(18)10-5-3-4-6-11(10)14/h3-6,8-9,12,18H,7H2,1-2H3. The minimum absolute atomic E-state index is 0.253. The summed E-state index contributed by atoms with van der Waals surface area (Å²) in [5.41, 5.74) is 0.311. The lowest BCUT2D eigenvalue weighted by molar-refractivity contribution is 0.199. The Balaban J connectivity index is 2.03. The maximum absolute atomic E-state index is 13.5. The van der Waals surface area contributed by atoms with Crippen molar-refractivity contribution in [3.63, 3.8) is 0 Å². The van der Waals surface area contributed by atoms with Gasteiger partial charge < -0.3 is 9.67 Å². The van der Waals surface area contributed by atoms with Gasteiger partial charge in [0.2, 0.25) is 0 Å². The van der Waals surface area contributed by atoms with Gasteiger partial charge in [0.25, 0.3) is 0 Å². The second-order valence-corrected chi connectivity index (χ2v) is 5.45. The fourth-order valence-corrected chi connectivity index (χ4v) is 2.68. The molecule has 0 bridgehead atoms. The number of benzene rings is 1. The summed E-state index contributed by atoms with van der Waals surface area (Å²) in [4.78, 5) is 0. The normalized spacial score (nSPS) is 12.9. The maximum atomic E-state index is 13.5. The fraction of sp³-hybridized carbons (Fsp3) is 0.385. The maximum Gasteiger partial charge on any atom is 0.191 e. The van der Waals surface area contributed by atoms with Crippen LogP contribution in [0.4, 0.5) is 4.39 Å². The first-order valence-electron chi connectivity index (χ1n) is 6.04. The molecule has 1 atom stereocenters. The molecule has 0 saturated carbocycles. The summed E-state index contributed by atoms with van der Waals surface area (Å²) in [5, 5.41) is 18.6. The zero-order valence-electron chi connectivity index (χ0n) is 10.8. The molecular formula is C13H16FN3OS. The van der Waals surface area contributed by atoms with E-state index in [0.717, 1.165) is 5.16 Å². The van der Waals surface area contributed by atoms with Crippen LogP contribution in [0, 0.1) is 5.82 Å². The minimum atomic E-state index is -0.858. The highest BCUT2D eigenvalue weighted by Crippen LogP contribution is 2.26. The summed E-state index contributed by atoms with van der Waals surface area (Å²) >= 11 is 1.37. The van der Waals surface area contributed by atoms with Crippen LogP contribution in [0.5, 0.6) is 0 Å². The lowest BCUT2D eigenvalue weighted by Gasteiger charge is -2.13. The van der Waals surface area contributed by atoms with Crippen LogP contribution < -0.4 is 0 Å². The SMILES string of the molecule is CC(C)n1cnnc1SCC(O)c1ccccc1F. The summed E-state index contributed by atoms with van der Waals surface area (Å²) in [6, 6.07) is 6.51. The molecule has 1 heterocycles. The third-order valence-corrected chi connectivity index (χ3v) is 3.76. The average Bonchev–Trinajstić information content (AvgIpc) is 2.85. The second-order valence-electron chi connectivity index (χ2n) is 4.46. The molecular weight excluding hydrogens is 265 g/mol. The summed E-state index contributed by atoms with van der Waals surface area (Å²) in [7, 11) is 0. The van der Waals surface area contributed by atoms with Crippen LogP contribution in [0.2, 0.25) is 0 Å². The Morgan fingerprint density at radius 2 is 2.11 bits per heavy atom. The lowest BCUT2D eigenvalue weighted by Crippen LogP contribution is -2.06. The third-order valence-electron chi connectivity index (χ3n) is 2.73. The van der Waals surface area contributed by atoms with Gasteiger partial charge in [-0.15, -0.1) is 10.2 Å². The number of aromatic nitrogens is 3. The van der Waals surface area contributed by atoms with Gasteiger partial charge in [-0.25, -0.2) is 4.39 Å². The van der Waals surface area contributed by atoms with Crippen molar-refractivity contribution in [3.8, 4) is 0 Å². The van der Waals surface area contributed by atoms with E-state index in [1.54, 1.807) is 24.5 Å². The Hall–Kier alpha value is -1.40. The summed E-state index contributed by atoms with van der Waals surface area (Å²) < 4.78 is 15.4. The van der Waals surface area contributed by atoms with Gasteiger partial charge in [-0.2, -0.15) is 0 Å². The molecule has 0 aliphatic rings. The molecule has 1 unspecified atom stereocenters. The van der Waals surface area contributed by atoms with Gasteiger partial charge in [0.15, 0.2) is 5.16 Å². The van der Waals surface area contributed by atoms with Gasteiger partial charge in [0.1, 0.15) is 12.1 Å². The molecule has 0 fully saturated rings. The number of aliphatic hydroxyl groups is 1. The quantitative estimate of drug-likeness (QED) is 0.856. The number of hydrogen-bond acceptors (Lipinski definition) is 4. The number of nitrogens with zero attached hydrogens (tertiary/aromatic N) is 3. The van der Waals surface area contributed by atoms with Crippen molar-refractivity contribution in [1.82, 2.24) is 14.8 Å². The van der Waals surface area contributed by atoms with Crippen molar-refractivity contribution in [2.24, 2.45) is 0 Å². The van der Waals surface area contributed by atoms with Crippen molar-refractivity contribution in [1.29, 1.82) is 0 Å². The molecule has 6 heteroatoms. The Morgan fingerprint density at radius 3 is 2.79 bits per heavy atom. The molecule has 1 N–H and O–H groups in total. The Bertz CT molecular complexity index is 544. The molecule has 2 aromatic rings. The average molecular weight is 281 g/mol. The predicted octanol–water partition coefficient (Wildman–Crippen LogP) is 2.82. The molecule has 19 heavy (non-hydrogen) atoms. The van der Waals surface area contributed by atoms with Crippen molar-refractivity contribution in [3.05, 3.63) is 42.0 Å². The van der Waals surface area contributed by atoms with Crippen molar-refractivity contribution >= 4 is 11.8 Å². The number of hydrogen-bond donors (Lipinski definition) is 1. The highest BCUT2D eigenvalue weighted by molar-refractivity contribution is 7.99. The number of aliphatic hydroxyl groups excluding tert-OH is 1. The molecule has 1 aromatic carbocycles. The third kappa shape index (κ3) is 3.33.